The standard InChI is InChI=1S/C16H16Cl2N4O/c17-13-1-2-14(18)20-15(13)16(23)22-9-7-21(8-10-22)11-12-3-5-19-6-4-12/h1-6H,7-11H2. The minimum atomic E-state index is -0.166. The van der Waals surface area contributed by atoms with Crippen molar-refractivity contribution in [3.05, 3.63) is 58.1 Å². The summed E-state index contributed by atoms with van der Waals surface area (Å²) in [5.41, 5.74) is 1.45. The Bertz CT molecular complexity index is 688. The number of hydrogen-bond donors (Lipinski definition) is 0. The number of carbonyl (C=O) groups excluding carboxylic acids is 1. The van der Waals surface area contributed by atoms with Crippen LogP contribution in [0.4, 0.5) is 0 Å². The maximum atomic E-state index is 12.5. The van der Waals surface area contributed by atoms with Gasteiger partial charge in [0.05, 0.1) is 5.02 Å². The van der Waals surface area contributed by atoms with Crippen molar-refractivity contribution in [2.45, 2.75) is 6.54 Å². The molecular formula is C16H16Cl2N4O. The van der Waals surface area contributed by atoms with Crippen LogP contribution in [0, 0.1) is 0 Å². The highest BCUT2D eigenvalue weighted by atomic mass is 35.5. The number of rotatable bonds is 3. The van der Waals surface area contributed by atoms with Crippen LogP contribution in [-0.2, 0) is 6.54 Å². The molecule has 0 spiro atoms. The summed E-state index contributed by atoms with van der Waals surface area (Å²) in [6, 6.07) is 7.19. The van der Waals surface area contributed by atoms with Crippen molar-refractivity contribution in [1.29, 1.82) is 0 Å². The molecule has 1 aliphatic rings. The minimum Gasteiger partial charge on any atom is -0.335 e. The first-order chi connectivity index (χ1) is 11.1. The number of aromatic nitrogens is 2. The fraction of sp³-hybridized carbons (Fsp3) is 0.312. The smallest absolute Gasteiger partial charge is 0.274 e. The fourth-order valence-electron chi connectivity index (χ4n) is 2.57. The highest BCUT2D eigenvalue weighted by molar-refractivity contribution is 6.34. The molecule has 7 heteroatoms. The lowest BCUT2D eigenvalue weighted by molar-refractivity contribution is 0.0623. The van der Waals surface area contributed by atoms with E-state index in [0.717, 1.165) is 19.6 Å². The molecule has 2 aromatic rings. The average molecular weight is 351 g/mol. The third-order valence-corrected chi connectivity index (χ3v) is 4.35. The molecule has 1 fully saturated rings. The van der Waals surface area contributed by atoms with E-state index in [4.69, 9.17) is 23.2 Å². The molecule has 0 bridgehead atoms. The van der Waals surface area contributed by atoms with Crippen LogP contribution in [0.25, 0.3) is 0 Å². The molecule has 0 aromatic carbocycles. The van der Waals surface area contributed by atoms with Crippen LogP contribution in [0.2, 0.25) is 10.2 Å². The van der Waals surface area contributed by atoms with Gasteiger partial charge in [-0.25, -0.2) is 4.98 Å². The SMILES string of the molecule is O=C(c1nc(Cl)ccc1Cl)N1CCN(Cc2ccncc2)CC1. The maximum absolute atomic E-state index is 12.5. The lowest BCUT2D eigenvalue weighted by atomic mass is 10.2. The van der Waals surface area contributed by atoms with E-state index < -0.39 is 0 Å². The van der Waals surface area contributed by atoms with Crippen molar-refractivity contribution in [1.82, 2.24) is 19.8 Å². The van der Waals surface area contributed by atoms with Crippen LogP contribution in [0.5, 0.6) is 0 Å². The molecule has 3 rings (SSSR count). The van der Waals surface area contributed by atoms with E-state index in [1.807, 2.05) is 12.1 Å². The lowest BCUT2D eigenvalue weighted by Gasteiger charge is -2.34. The van der Waals surface area contributed by atoms with Gasteiger partial charge in [-0.3, -0.25) is 14.7 Å². The molecule has 0 N–H and O–H groups in total. The van der Waals surface area contributed by atoms with Crippen LogP contribution >= 0.6 is 23.2 Å². The van der Waals surface area contributed by atoms with E-state index in [0.29, 0.717) is 18.1 Å². The Morgan fingerprint density at radius 1 is 1.04 bits per heavy atom. The van der Waals surface area contributed by atoms with Crippen molar-refractivity contribution >= 4 is 29.1 Å². The average Bonchev–Trinajstić information content (AvgIpc) is 2.58. The highest BCUT2D eigenvalue weighted by Crippen LogP contribution is 2.19. The van der Waals surface area contributed by atoms with Crippen LogP contribution in [0.1, 0.15) is 16.1 Å². The summed E-state index contributed by atoms with van der Waals surface area (Å²) in [5, 5.41) is 0.604. The first-order valence-electron chi connectivity index (χ1n) is 7.36. The summed E-state index contributed by atoms with van der Waals surface area (Å²) in [6.07, 6.45) is 3.59. The number of carbonyl (C=O) groups is 1. The number of pyridine rings is 2. The Labute approximate surface area is 144 Å². The topological polar surface area (TPSA) is 49.3 Å². The Kier molecular flexibility index (Phi) is 5.10. The number of amides is 1. The largest absolute Gasteiger partial charge is 0.335 e. The molecule has 120 valence electrons. The fourth-order valence-corrected chi connectivity index (χ4v) is 2.91. The summed E-state index contributed by atoms with van der Waals surface area (Å²) in [5.74, 6) is -0.166. The van der Waals surface area contributed by atoms with E-state index in [1.165, 1.54) is 5.56 Å². The Morgan fingerprint density at radius 2 is 1.74 bits per heavy atom. The predicted molar refractivity (Wildman–Crippen MR) is 89.7 cm³/mol. The molecule has 0 unspecified atom stereocenters. The van der Waals surface area contributed by atoms with Crippen LogP contribution in [0.3, 0.4) is 0 Å². The summed E-state index contributed by atoms with van der Waals surface area (Å²) >= 11 is 11.9. The molecule has 0 aliphatic carbocycles. The van der Waals surface area contributed by atoms with Gasteiger partial charge in [0, 0.05) is 45.1 Å². The van der Waals surface area contributed by atoms with E-state index >= 15 is 0 Å². The molecule has 1 aliphatic heterocycles. The molecular weight excluding hydrogens is 335 g/mol. The second-order valence-corrected chi connectivity index (χ2v) is 6.18. The van der Waals surface area contributed by atoms with Crippen molar-refractivity contribution in [2.24, 2.45) is 0 Å². The highest BCUT2D eigenvalue weighted by Gasteiger charge is 2.24. The monoisotopic (exact) mass is 350 g/mol. The van der Waals surface area contributed by atoms with Gasteiger partial charge >= 0.3 is 0 Å². The summed E-state index contributed by atoms with van der Waals surface area (Å²) < 4.78 is 0. The van der Waals surface area contributed by atoms with Crippen molar-refractivity contribution in [2.75, 3.05) is 26.2 Å². The summed E-state index contributed by atoms with van der Waals surface area (Å²) in [7, 11) is 0. The van der Waals surface area contributed by atoms with E-state index in [-0.39, 0.29) is 16.8 Å². The molecule has 0 radical (unpaired) electrons. The first-order valence-corrected chi connectivity index (χ1v) is 8.11. The van der Waals surface area contributed by atoms with E-state index in [2.05, 4.69) is 14.9 Å². The van der Waals surface area contributed by atoms with Gasteiger partial charge < -0.3 is 4.90 Å². The molecule has 1 amide bonds. The molecule has 23 heavy (non-hydrogen) atoms. The van der Waals surface area contributed by atoms with Gasteiger partial charge in [0.15, 0.2) is 0 Å². The molecule has 5 nitrogen and oxygen atoms in total. The van der Waals surface area contributed by atoms with Gasteiger partial charge in [-0.15, -0.1) is 0 Å². The van der Waals surface area contributed by atoms with Crippen LogP contribution in [0.15, 0.2) is 36.7 Å². The molecule has 0 atom stereocenters. The molecule has 0 saturated carbocycles. The van der Waals surface area contributed by atoms with Crippen molar-refractivity contribution < 1.29 is 4.79 Å². The molecule has 2 aromatic heterocycles. The van der Waals surface area contributed by atoms with Gasteiger partial charge in [0.1, 0.15) is 10.8 Å². The van der Waals surface area contributed by atoms with E-state index in [1.54, 1.807) is 29.4 Å². The molecule has 3 heterocycles. The third-order valence-electron chi connectivity index (χ3n) is 3.83. The zero-order valence-electron chi connectivity index (χ0n) is 12.5. The second-order valence-electron chi connectivity index (χ2n) is 5.39. The number of piperazine rings is 1. The normalized spacial score (nSPS) is 15.7. The van der Waals surface area contributed by atoms with Crippen molar-refractivity contribution in [3.63, 3.8) is 0 Å². The third kappa shape index (κ3) is 3.99. The molecule has 1 saturated heterocycles. The van der Waals surface area contributed by atoms with Crippen LogP contribution < -0.4 is 0 Å². The van der Waals surface area contributed by atoms with Crippen molar-refractivity contribution in [3.8, 4) is 0 Å². The van der Waals surface area contributed by atoms with Gasteiger partial charge in [0.25, 0.3) is 5.91 Å². The first kappa shape index (κ1) is 16.2. The Hall–Kier alpha value is -1.69. The Morgan fingerprint density at radius 3 is 2.43 bits per heavy atom. The number of halogens is 2. The van der Waals surface area contributed by atoms with Gasteiger partial charge in [-0.05, 0) is 29.8 Å². The van der Waals surface area contributed by atoms with Crippen LogP contribution in [-0.4, -0.2) is 51.9 Å². The minimum absolute atomic E-state index is 0.166. The summed E-state index contributed by atoms with van der Waals surface area (Å²) in [4.78, 5) is 24.7. The van der Waals surface area contributed by atoms with Gasteiger partial charge in [-0.2, -0.15) is 0 Å². The second kappa shape index (κ2) is 7.25. The van der Waals surface area contributed by atoms with Gasteiger partial charge in [0.2, 0.25) is 0 Å². The zero-order chi connectivity index (χ0) is 16.2. The Balaban J connectivity index is 1.60. The maximum Gasteiger partial charge on any atom is 0.274 e. The summed E-state index contributed by atoms with van der Waals surface area (Å²) in [6.45, 7) is 3.78. The quantitative estimate of drug-likeness (QED) is 0.798. The number of nitrogens with zero attached hydrogens (tertiary/aromatic N) is 4. The van der Waals surface area contributed by atoms with E-state index in [9.17, 15) is 4.79 Å². The predicted octanol–water partition coefficient (Wildman–Crippen LogP) is 2.74. The number of hydrogen-bond acceptors (Lipinski definition) is 4. The van der Waals surface area contributed by atoms with Gasteiger partial charge in [-0.1, -0.05) is 23.2 Å². The zero-order valence-corrected chi connectivity index (χ0v) is 14.0. The lowest BCUT2D eigenvalue weighted by Crippen LogP contribution is -2.48.